The van der Waals surface area contributed by atoms with E-state index in [1.54, 1.807) is 14.0 Å². The monoisotopic (exact) mass is 231 g/mol. The van der Waals surface area contributed by atoms with Crippen molar-refractivity contribution in [1.82, 2.24) is 9.78 Å². The molecule has 1 aromatic heterocycles. The van der Waals surface area contributed by atoms with Crippen LogP contribution in [0, 0.1) is 17.0 Å². The maximum Gasteiger partial charge on any atom is 0.323 e. The van der Waals surface area contributed by atoms with Gasteiger partial charge in [-0.1, -0.05) is 11.8 Å². The van der Waals surface area contributed by atoms with Crippen LogP contribution in [0.5, 0.6) is 0 Å². The first-order chi connectivity index (χ1) is 7.07. The minimum atomic E-state index is -0.413. The summed E-state index contributed by atoms with van der Waals surface area (Å²) in [5, 5.41) is 24.0. The lowest BCUT2D eigenvalue weighted by Gasteiger charge is -1.99. The second kappa shape index (κ2) is 5.13. The summed E-state index contributed by atoms with van der Waals surface area (Å²) >= 11 is 1.35. The molecule has 0 radical (unpaired) electrons. The molecule has 0 bridgehead atoms. The van der Waals surface area contributed by atoms with Crippen molar-refractivity contribution >= 4 is 17.4 Å². The fourth-order valence-electron chi connectivity index (χ4n) is 1.23. The van der Waals surface area contributed by atoms with Crippen molar-refractivity contribution in [3.8, 4) is 0 Å². The van der Waals surface area contributed by atoms with Crippen LogP contribution in [0.25, 0.3) is 0 Å². The topological polar surface area (TPSA) is 81.2 Å². The molecule has 1 aromatic rings. The van der Waals surface area contributed by atoms with Gasteiger partial charge < -0.3 is 5.11 Å². The van der Waals surface area contributed by atoms with E-state index >= 15 is 0 Å². The highest BCUT2D eigenvalue weighted by Gasteiger charge is 2.23. The smallest absolute Gasteiger partial charge is 0.323 e. The number of thioether (sulfide) groups is 1. The molecule has 0 saturated carbocycles. The van der Waals surface area contributed by atoms with Crippen LogP contribution >= 0.6 is 11.8 Å². The van der Waals surface area contributed by atoms with Crippen LogP contribution in [0.15, 0.2) is 5.03 Å². The van der Waals surface area contributed by atoms with E-state index in [1.165, 1.54) is 16.4 Å². The van der Waals surface area contributed by atoms with E-state index < -0.39 is 4.92 Å². The summed E-state index contributed by atoms with van der Waals surface area (Å²) in [5.41, 5.74) is 0.495. The fourth-order valence-corrected chi connectivity index (χ4v) is 2.28. The first-order valence-corrected chi connectivity index (χ1v) is 5.48. The number of rotatable bonds is 5. The Balaban J connectivity index is 2.89. The molecule has 84 valence electrons. The molecule has 0 aromatic carbocycles. The van der Waals surface area contributed by atoms with Gasteiger partial charge >= 0.3 is 5.69 Å². The van der Waals surface area contributed by atoms with Gasteiger partial charge in [-0.3, -0.25) is 14.8 Å². The third-order valence-corrected chi connectivity index (χ3v) is 3.09. The molecule has 0 aliphatic heterocycles. The van der Waals surface area contributed by atoms with Crippen LogP contribution in [0.1, 0.15) is 12.1 Å². The van der Waals surface area contributed by atoms with E-state index in [0.717, 1.165) is 0 Å². The molecule has 0 atom stereocenters. The lowest BCUT2D eigenvalue weighted by molar-refractivity contribution is -0.388. The zero-order valence-electron chi connectivity index (χ0n) is 8.63. The molecular formula is C8H13N3O3S. The average molecular weight is 231 g/mol. The standard InChI is InChI=1S/C8H13N3O3S/c1-6-7(11(13)14)8(10(2)9-6)15-5-3-4-12/h12H,3-5H2,1-2H3. The fraction of sp³-hybridized carbons (Fsp3) is 0.625. The molecule has 1 heterocycles. The van der Waals surface area contributed by atoms with E-state index in [9.17, 15) is 10.1 Å². The average Bonchev–Trinajstić information content (AvgIpc) is 2.42. The maximum absolute atomic E-state index is 10.8. The van der Waals surface area contributed by atoms with Crippen LogP contribution in [-0.4, -0.2) is 32.2 Å². The summed E-state index contributed by atoms with van der Waals surface area (Å²) in [5.74, 6) is 0.649. The molecule has 0 spiro atoms. The highest BCUT2D eigenvalue weighted by molar-refractivity contribution is 7.99. The van der Waals surface area contributed by atoms with Gasteiger partial charge in [-0.2, -0.15) is 5.10 Å². The Bertz CT molecular complexity index is 364. The number of aliphatic hydroxyl groups is 1. The molecule has 1 rings (SSSR count). The van der Waals surface area contributed by atoms with Gasteiger partial charge in [-0.15, -0.1) is 0 Å². The Hall–Kier alpha value is -1.08. The van der Waals surface area contributed by atoms with Gasteiger partial charge in [-0.05, 0) is 13.3 Å². The summed E-state index contributed by atoms with van der Waals surface area (Å²) in [6.45, 7) is 1.71. The minimum Gasteiger partial charge on any atom is -0.396 e. The quantitative estimate of drug-likeness (QED) is 0.355. The van der Waals surface area contributed by atoms with Crippen LogP contribution < -0.4 is 0 Å². The summed E-state index contributed by atoms with van der Waals surface area (Å²) in [7, 11) is 1.68. The van der Waals surface area contributed by atoms with Gasteiger partial charge in [0.2, 0.25) is 0 Å². The van der Waals surface area contributed by atoms with Crippen molar-refractivity contribution in [2.45, 2.75) is 18.4 Å². The van der Waals surface area contributed by atoms with Crippen LogP contribution in [0.3, 0.4) is 0 Å². The van der Waals surface area contributed by atoms with Crippen LogP contribution in [0.4, 0.5) is 5.69 Å². The van der Waals surface area contributed by atoms with Gasteiger partial charge in [0.25, 0.3) is 0 Å². The minimum absolute atomic E-state index is 0.0699. The van der Waals surface area contributed by atoms with Crippen molar-refractivity contribution in [2.75, 3.05) is 12.4 Å². The second-order valence-corrected chi connectivity index (χ2v) is 4.13. The zero-order chi connectivity index (χ0) is 11.4. The van der Waals surface area contributed by atoms with E-state index in [0.29, 0.717) is 22.9 Å². The van der Waals surface area contributed by atoms with Gasteiger partial charge in [0.15, 0.2) is 5.03 Å². The molecule has 0 aliphatic rings. The van der Waals surface area contributed by atoms with Crippen molar-refractivity contribution in [1.29, 1.82) is 0 Å². The molecule has 0 aliphatic carbocycles. The van der Waals surface area contributed by atoms with Crippen molar-refractivity contribution in [3.05, 3.63) is 15.8 Å². The number of nitrogens with zero attached hydrogens (tertiary/aromatic N) is 3. The van der Waals surface area contributed by atoms with E-state index in [-0.39, 0.29) is 12.3 Å². The van der Waals surface area contributed by atoms with Crippen molar-refractivity contribution in [2.24, 2.45) is 7.05 Å². The van der Waals surface area contributed by atoms with E-state index in [2.05, 4.69) is 5.10 Å². The van der Waals surface area contributed by atoms with Crippen LogP contribution in [-0.2, 0) is 7.05 Å². The number of aryl methyl sites for hydroxylation is 2. The van der Waals surface area contributed by atoms with E-state index in [1.807, 2.05) is 0 Å². The Morgan fingerprint density at radius 3 is 2.87 bits per heavy atom. The Labute approximate surface area is 91.4 Å². The normalized spacial score (nSPS) is 10.6. The number of hydrogen-bond acceptors (Lipinski definition) is 5. The van der Waals surface area contributed by atoms with Gasteiger partial charge in [-0.25, -0.2) is 0 Å². The lowest BCUT2D eigenvalue weighted by atomic mass is 10.4. The summed E-state index contributed by atoms with van der Waals surface area (Å²) < 4.78 is 1.51. The lowest BCUT2D eigenvalue weighted by Crippen LogP contribution is -1.96. The summed E-state index contributed by atoms with van der Waals surface area (Å²) in [6, 6.07) is 0. The predicted molar refractivity (Wildman–Crippen MR) is 57.0 cm³/mol. The van der Waals surface area contributed by atoms with Crippen molar-refractivity contribution in [3.63, 3.8) is 0 Å². The molecule has 0 amide bonds. The third kappa shape index (κ3) is 2.69. The Kier molecular flexibility index (Phi) is 4.10. The molecule has 15 heavy (non-hydrogen) atoms. The molecule has 1 N–H and O–H groups in total. The highest BCUT2D eigenvalue weighted by atomic mass is 32.2. The molecule has 0 unspecified atom stereocenters. The number of aliphatic hydroxyl groups excluding tert-OH is 1. The number of hydrogen-bond donors (Lipinski definition) is 1. The molecule has 0 fully saturated rings. The first kappa shape index (κ1) is 12.0. The predicted octanol–water partition coefficient (Wildman–Crippen LogP) is 1.11. The SMILES string of the molecule is Cc1nn(C)c(SCCCO)c1[N+](=O)[O-]. The Morgan fingerprint density at radius 2 is 2.33 bits per heavy atom. The molecular weight excluding hydrogens is 218 g/mol. The number of nitro groups is 1. The molecule has 7 heteroatoms. The van der Waals surface area contributed by atoms with Gasteiger partial charge in [0, 0.05) is 19.4 Å². The zero-order valence-corrected chi connectivity index (χ0v) is 9.45. The first-order valence-electron chi connectivity index (χ1n) is 4.49. The van der Waals surface area contributed by atoms with Crippen molar-refractivity contribution < 1.29 is 10.0 Å². The largest absolute Gasteiger partial charge is 0.396 e. The maximum atomic E-state index is 10.8. The highest BCUT2D eigenvalue weighted by Crippen LogP contribution is 2.31. The Morgan fingerprint density at radius 1 is 1.67 bits per heavy atom. The number of aromatic nitrogens is 2. The summed E-state index contributed by atoms with van der Waals surface area (Å²) in [6.07, 6.45) is 0.617. The van der Waals surface area contributed by atoms with Gasteiger partial charge in [0.05, 0.1) is 4.92 Å². The van der Waals surface area contributed by atoms with E-state index in [4.69, 9.17) is 5.11 Å². The molecule has 6 nitrogen and oxygen atoms in total. The van der Waals surface area contributed by atoms with Gasteiger partial charge in [0.1, 0.15) is 5.69 Å². The molecule has 0 saturated heterocycles. The second-order valence-electron chi connectivity index (χ2n) is 3.05. The van der Waals surface area contributed by atoms with Crippen LogP contribution in [0.2, 0.25) is 0 Å². The third-order valence-electron chi connectivity index (χ3n) is 1.86. The summed E-state index contributed by atoms with van der Waals surface area (Å²) in [4.78, 5) is 10.4.